The van der Waals surface area contributed by atoms with Crippen molar-refractivity contribution in [1.29, 1.82) is 0 Å². The Hall–Kier alpha value is -2.73. The molecule has 2 aromatic carbocycles. The van der Waals surface area contributed by atoms with Gasteiger partial charge in [0, 0.05) is 52.9 Å². The Balaban J connectivity index is 1.29. The average molecular weight is 598 g/mol. The third-order valence-corrected chi connectivity index (χ3v) is 8.50. The number of piperidine rings is 1. The molecule has 2 fully saturated rings. The van der Waals surface area contributed by atoms with Crippen molar-refractivity contribution in [3.05, 3.63) is 59.2 Å². The van der Waals surface area contributed by atoms with E-state index in [-0.39, 0.29) is 36.7 Å². The van der Waals surface area contributed by atoms with Crippen LogP contribution in [0.25, 0.3) is 0 Å². The summed E-state index contributed by atoms with van der Waals surface area (Å²) in [5, 5.41) is 3.50. The number of rotatable bonds is 13. The van der Waals surface area contributed by atoms with E-state index < -0.39 is 0 Å². The fourth-order valence-electron chi connectivity index (χ4n) is 6.22. The van der Waals surface area contributed by atoms with E-state index in [1.54, 1.807) is 14.2 Å². The number of carbonyl (C=O) groups excluding carboxylic acids is 1. The van der Waals surface area contributed by atoms with Crippen molar-refractivity contribution >= 4 is 11.6 Å². The third kappa shape index (κ3) is 8.26. The second kappa shape index (κ2) is 15.8. The lowest BCUT2D eigenvalue weighted by Gasteiger charge is -2.39. The number of hydrogen-bond acceptors (Lipinski definition) is 9. The molecule has 10 nitrogen and oxygen atoms in total. The summed E-state index contributed by atoms with van der Waals surface area (Å²) in [6, 6.07) is 14.8. The van der Waals surface area contributed by atoms with Gasteiger partial charge in [0.05, 0.1) is 56.9 Å². The van der Waals surface area contributed by atoms with E-state index in [2.05, 4.69) is 46.6 Å². The minimum absolute atomic E-state index is 0.000587. The molecule has 3 heterocycles. The van der Waals surface area contributed by atoms with Crippen LogP contribution in [-0.4, -0.2) is 109 Å². The topological polar surface area (TPSA) is 91.0 Å². The molecule has 2 aromatic rings. The zero-order valence-corrected chi connectivity index (χ0v) is 25.8. The molecule has 1 amide bonds. The van der Waals surface area contributed by atoms with E-state index >= 15 is 0 Å². The number of anilines is 1. The molecule has 0 radical (unpaired) electrons. The molecule has 0 aliphatic carbocycles. The quantitative estimate of drug-likeness (QED) is 0.350. The summed E-state index contributed by atoms with van der Waals surface area (Å²) < 4.78 is 35.1. The maximum absolute atomic E-state index is 13.1. The first-order valence-electron chi connectivity index (χ1n) is 15.5. The molecular weight excluding hydrogens is 550 g/mol. The summed E-state index contributed by atoms with van der Waals surface area (Å²) in [7, 11) is 3.44. The highest BCUT2D eigenvalue weighted by Gasteiger charge is 2.37. The first-order valence-corrected chi connectivity index (χ1v) is 15.5. The van der Waals surface area contributed by atoms with Crippen LogP contribution in [0, 0.1) is 0 Å². The van der Waals surface area contributed by atoms with E-state index in [0.717, 1.165) is 54.2 Å². The largest absolute Gasteiger partial charge is 0.490 e. The highest BCUT2D eigenvalue weighted by atomic mass is 16.5. The molecule has 1 unspecified atom stereocenters. The van der Waals surface area contributed by atoms with Crippen LogP contribution in [0.3, 0.4) is 0 Å². The summed E-state index contributed by atoms with van der Waals surface area (Å²) in [6.07, 6.45) is 0.596. The maximum Gasteiger partial charge on any atom is 0.248 e. The second-order valence-electron chi connectivity index (χ2n) is 11.6. The Morgan fingerprint density at radius 3 is 2.51 bits per heavy atom. The van der Waals surface area contributed by atoms with E-state index in [1.807, 2.05) is 17.9 Å². The number of fused-ring (bicyclic) bond motifs is 1. The van der Waals surface area contributed by atoms with E-state index in [4.69, 9.17) is 28.4 Å². The molecule has 4 atom stereocenters. The van der Waals surface area contributed by atoms with Gasteiger partial charge in [0.15, 0.2) is 0 Å². The van der Waals surface area contributed by atoms with Crippen molar-refractivity contribution in [2.75, 3.05) is 84.9 Å². The molecule has 5 rings (SSSR count). The molecule has 1 N–H and O–H groups in total. The minimum atomic E-state index is -0.222. The van der Waals surface area contributed by atoms with Crippen LogP contribution in [-0.2, 0) is 41.7 Å². The van der Waals surface area contributed by atoms with Gasteiger partial charge in [0.1, 0.15) is 19.0 Å². The van der Waals surface area contributed by atoms with Crippen molar-refractivity contribution < 1.29 is 33.2 Å². The van der Waals surface area contributed by atoms with Crippen LogP contribution in [0.2, 0.25) is 0 Å². The van der Waals surface area contributed by atoms with Gasteiger partial charge in [-0.05, 0) is 42.2 Å². The Bertz CT molecular complexity index is 1160. The zero-order valence-electron chi connectivity index (χ0n) is 25.8. The number of hydrogen-bond donors (Lipinski definition) is 1. The van der Waals surface area contributed by atoms with Gasteiger partial charge in [-0.2, -0.15) is 0 Å². The highest BCUT2D eigenvalue weighted by molar-refractivity contribution is 5.78. The summed E-state index contributed by atoms with van der Waals surface area (Å²) in [6.45, 7) is 9.31. The lowest BCUT2D eigenvalue weighted by atomic mass is 9.85. The van der Waals surface area contributed by atoms with Gasteiger partial charge in [-0.25, -0.2) is 0 Å². The molecule has 0 aromatic heterocycles. The number of benzene rings is 2. The molecule has 0 bridgehead atoms. The average Bonchev–Trinajstić information content (AvgIpc) is 3.03. The Morgan fingerprint density at radius 1 is 0.953 bits per heavy atom. The molecule has 3 aliphatic heterocycles. The molecule has 0 saturated carbocycles. The molecule has 10 heteroatoms. The number of ether oxygens (including phenoxy) is 6. The molecule has 43 heavy (non-hydrogen) atoms. The predicted octanol–water partition coefficient (Wildman–Crippen LogP) is 2.97. The third-order valence-electron chi connectivity index (χ3n) is 8.50. The van der Waals surface area contributed by atoms with Crippen molar-refractivity contribution in [3.8, 4) is 5.75 Å². The van der Waals surface area contributed by atoms with Gasteiger partial charge in [-0.1, -0.05) is 30.3 Å². The summed E-state index contributed by atoms with van der Waals surface area (Å²) >= 11 is 0. The molecule has 3 aliphatic rings. The number of carbonyl (C=O) groups is 1. The molecule has 236 valence electrons. The second-order valence-corrected chi connectivity index (χ2v) is 11.6. The predicted molar refractivity (Wildman–Crippen MR) is 164 cm³/mol. The fourth-order valence-corrected chi connectivity index (χ4v) is 6.22. The van der Waals surface area contributed by atoms with Crippen molar-refractivity contribution in [2.45, 2.75) is 50.7 Å². The van der Waals surface area contributed by atoms with Crippen molar-refractivity contribution in [2.24, 2.45) is 0 Å². The number of methoxy groups -OCH3 is 2. The highest BCUT2D eigenvalue weighted by Crippen LogP contribution is 2.35. The lowest BCUT2D eigenvalue weighted by molar-refractivity contribution is -0.148. The minimum Gasteiger partial charge on any atom is -0.490 e. The Kier molecular flexibility index (Phi) is 11.7. The first kappa shape index (κ1) is 31.7. The van der Waals surface area contributed by atoms with E-state index in [1.165, 1.54) is 0 Å². The molecule has 2 saturated heterocycles. The zero-order chi connectivity index (χ0) is 30.0. The van der Waals surface area contributed by atoms with Gasteiger partial charge in [-0.3, -0.25) is 4.79 Å². The van der Waals surface area contributed by atoms with Gasteiger partial charge in [0.2, 0.25) is 5.91 Å². The van der Waals surface area contributed by atoms with Crippen molar-refractivity contribution in [1.82, 2.24) is 10.2 Å². The van der Waals surface area contributed by atoms with Crippen LogP contribution in [0.15, 0.2) is 42.5 Å². The maximum atomic E-state index is 13.1. The summed E-state index contributed by atoms with van der Waals surface area (Å²) in [4.78, 5) is 17.3. The Labute approximate surface area is 255 Å². The summed E-state index contributed by atoms with van der Waals surface area (Å²) in [5.41, 5.74) is 4.44. The monoisotopic (exact) mass is 597 g/mol. The number of nitrogens with zero attached hydrogens (tertiary/aromatic N) is 2. The van der Waals surface area contributed by atoms with E-state index in [0.29, 0.717) is 52.7 Å². The normalized spacial score (nSPS) is 24.0. The SMILES string of the molecule is COCCCN1CCOc2ccc(CO[C@H]3CNC[C@@H](OCC(=O)N4CCOCC4C)[C@@H]3c3ccc(COC)cc3)cc21. The fraction of sp³-hybridized carbons (Fsp3) is 0.606. The van der Waals surface area contributed by atoms with Gasteiger partial charge in [-0.15, -0.1) is 0 Å². The standard InChI is InChI=1S/C33H47N3O7/c1-24-20-40-15-13-36(24)32(37)23-43-31-19-34-18-30(33(31)27-8-5-25(6-9-27)21-39-3)42-22-26-7-10-29-28(17-26)35(12-16-41-29)11-4-14-38-2/h5-10,17,24,30-31,33-34H,4,11-16,18-23H2,1-3H3/t24?,30-,31+,33+/m0/s1. The van der Waals surface area contributed by atoms with Crippen LogP contribution in [0.4, 0.5) is 5.69 Å². The molecular formula is C33H47N3O7. The van der Waals surface area contributed by atoms with Crippen LogP contribution in [0.5, 0.6) is 5.75 Å². The Morgan fingerprint density at radius 2 is 1.74 bits per heavy atom. The van der Waals surface area contributed by atoms with Crippen LogP contribution < -0.4 is 15.0 Å². The number of nitrogens with one attached hydrogen (secondary N) is 1. The van der Waals surface area contributed by atoms with Crippen LogP contribution in [0.1, 0.15) is 36.0 Å². The molecule has 0 spiro atoms. The number of morpholine rings is 1. The van der Waals surface area contributed by atoms with E-state index in [9.17, 15) is 4.79 Å². The van der Waals surface area contributed by atoms with Crippen molar-refractivity contribution in [3.63, 3.8) is 0 Å². The van der Waals surface area contributed by atoms with Gasteiger partial charge in [0.25, 0.3) is 0 Å². The summed E-state index contributed by atoms with van der Waals surface area (Å²) in [5.74, 6) is 0.868. The first-order chi connectivity index (χ1) is 21.1. The number of amides is 1. The van der Waals surface area contributed by atoms with Crippen LogP contribution >= 0.6 is 0 Å². The lowest BCUT2D eigenvalue weighted by Crippen LogP contribution is -2.52. The van der Waals surface area contributed by atoms with Gasteiger partial charge >= 0.3 is 0 Å². The smallest absolute Gasteiger partial charge is 0.248 e. The van der Waals surface area contributed by atoms with Gasteiger partial charge < -0.3 is 43.5 Å².